The van der Waals surface area contributed by atoms with Gasteiger partial charge in [-0.1, -0.05) is 57.4 Å². The zero-order valence-corrected chi connectivity index (χ0v) is 13.5. The molecule has 2 rings (SSSR count). The van der Waals surface area contributed by atoms with Gasteiger partial charge in [0.1, 0.15) is 5.92 Å². The number of allylic oxidation sites excluding steroid dienone is 3. The molecule has 2 nitrogen and oxygen atoms in total. The van der Waals surface area contributed by atoms with E-state index in [0.717, 1.165) is 6.42 Å². The molecule has 102 valence electrons. The second kappa shape index (κ2) is 7.08. The predicted octanol–water partition coefficient (Wildman–Crippen LogP) is 5.28. The summed E-state index contributed by atoms with van der Waals surface area (Å²) in [6.07, 6.45) is 8.31. The molecule has 5 heteroatoms. The van der Waals surface area contributed by atoms with E-state index >= 15 is 0 Å². The zero-order valence-electron chi connectivity index (χ0n) is 10.4. The highest BCUT2D eigenvalue weighted by Gasteiger charge is 2.22. The first-order valence-corrected chi connectivity index (χ1v) is 7.69. The minimum absolute atomic E-state index is 0.258. The summed E-state index contributed by atoms with van der Waals surface area (Å²) in [5.41, 5.74) is 1.24. The SMILES string of the molecule is N#CC(C1=NC=C[C@H](Br)CC=C1)c1c(Cl)cccc1Cl. The van der Waals surface area contributed by atoms with Crippen LogP contribution < -0.4 is 0 Å². The summed E-state index contributed by atoms with van der Waals surface area (Å²) in [5, 5.41) is 10.4. The lowest BCUT2D eigenvalue weighted by Crippen LogP contribution is -2.10. The third kappa shape index (κ3) is 3.52. The minimum atomic E-state index is -0.580. The van der Waals surface area contributed by atoms with Crippen molar-refractivity contribution in [3.8, 4) is 6.07 Å². The van der Waals surface area contributed by atoms with Gasteiger partial charge in [0.15, 0.2) is 0 Å². The Bertz CT molecular complexity index is 609. The van der Waals surface area contributed by atoms with Gasteiger partial charge in [0.05, 0.1) is 11.8 Å². The number of alkyl halides is 1. The van der Waals surface area contributed by atoms with Crippen molar-refractivity contribution in [2.45, 2.75) is 17.2 Å². The normalized spacial score (nSPS) is 19.7. The van der Waals surface area contributed by atoms with Crippen molar-refractivity contribution in [2.75, 3.05) is 0 Å². The van der Waals surface area contributed by atoms with Crippen LogP contribution in [0.2, 0.25) is 10.0 Å². The lowest BCUT2D eigenvalue weighted by atomic mass is 9.94. The van der Waals surface area contributed by atoms with Crippen molar-refractivity contribution in [1.82, 2.24) is 0 Å². The number of hydrogen-bond acceptors (Lipinski definition) is 2. The van der Waals surface area contributed by atoms with Crippen LogP contribution in [0, 0.1) is 11.3 Å². The highest BCUT2D eigenvalue weighted by atomic mass is 79.9. The Labute approximate surface area is 136 Å². The molecule has 0 spiro atoms. The van der Waals surface area contributed by atoms with Gasteiger partial charge in [-0.15, -0.1) is 0 Å². The summed E-state index contributed by atoms with van der Waals surface area (Å²) in [7, 11) is 0. The second-order valence-electron chi connectivity index (χ2n) is 4.25. The average Bonchev–Trinajstić information content (AvgIpc) is 2.39. The van der Waals surface area contributed by atoms with E-state index in [-0.39, 0.29) is 4.83 Å². The number of halogens is 3. The molecule has 0 N–H and O–H groups in total. The Hall–Kier alpha value is -1.08. The Kier molecular flexibility index (Phi) is 5.42. The molecule has 0 radical (unpaired) electrons. The molecule has 1 aromatic rings. The van der Waals surface area contributed by atoms with Crippen molar-refractivity contribution in [3.05, 3.63) is 58.2 Å². The number of hydrogen-bond donors (Lipinski definition) is 0. The van der Waals surface area contributed by atoms with E-state index in [0.29, 0.717) is 21.3 Å². The van der Waals surface area contributed by atoms with Crippen molar-refractivity contribution >= 4 is 44.8 Å². The van der Waals surface area contributed by atoms with Gasteiger partial charge in [-0.2, -0.15) is 5.26 Å². The van der Waals surface area contributed by atoms with E-state index in [2.05, 4.69) is 27.0 Å². The van der Waals surface area contributed by atoms with Crippen LogP contribution >= 0.6 is 39.1 Å². The van der Waals surface area contributed by atoms with Crippen molar-refractivity contribution in [2.24, 2.45) is 4.99 Å². The predicted molar refractivity (Wildman–Crippen MR) is 87.9 cm³/mol. The lowest BCUT2D eigenvalue weighted by Gasteiger charge is -2.14. The third-order valence-electron chi connectivity index (χ3n) is 2.88. The lowest BCUT2D eigenvalue weighted by molar-refractivity contribution is 1.07. The number of rotatable bonds is 2. The maximum Gasteiger partial charge on any atom is 0.116 e. The van der Waals surface area contributed by atoms with Gasteiger partial charge in [-0.3, -0.25) is 4.99 Å². The summed E-state index contributed by atoms with van der Waals surface area (Å²) in [6.45, 7) is 0. The maximum absolute atomic E-state index is 9.48. The summed E-state index contributed by atoms with van der Waals surface area (Å²) in [5.74, 6) is -0.580. The summed E-state index contributed by atoms with van der Waals surface area (Å²) < 4.78 is 0. The van der Waals surface area contributed by atoms with Gasteiger partial charge < -0.3 is 0 Å². The molecule has 0 aliphatic carbocycles. The van der Waals surface area contributed by atoms with Crippen LogP contribution in [0.4, 0.5) is 0 Å². The van der Waals surface area contributed by atoms with E-state index < -0.39 is 5.92 Å². The van der Waals surface area contributed by atoms with Crippen molar-refractivity contribution in [1.29, 1.82) is 5.26 Å². The molecule has 0 saturated carbocycles. The Balaban J connectivity index is 2.46. The van der Waals surface area contributed by atoms with E-state index in [1.165, 1.54) is 0 Å². The Morgan fingerprint density at radius 3 is 2.70 bits per heavy atom. The molecule has 20 heavy (non-hydrogen) atoms. The van der Waals surface area contributed by atoms with E-state index in [1.54, 1.807) is 24.4 Å². The molecule has 1 heterocycles. The average molecular weight is 370 g/mol. The molecule has 0 amide bonds. The summed E-state index contributed by atoms with van der Waals surface area (Å²) in [6, 6.07) is 7.44. The fraction of sp³-hybridized carbons (Fsp3) is 0.200. The first-order chi connectivity index (χ1) is 9.63. The molecule has 0 fully saturated rings. The first kappa shape index (κ1) is 15.3. The number of nitriles is 1. The standard InChI is InChI=1S/C15H11BrCl2N2/c16-10-3-1-6-14(20-8-7-10)11(9-19)15-12(17)4-2-5-13(15)18/h1-2,4-8,10-11H,3H2/t10-,11?/m1/s1. The van der Waals surface area contributed by atoms with Crippen LogP contribution in [0.15, 0.2) is 47.6 Å². The first-order valence-electron chi connectivity index (χ1n) is 6.02. The van der Waals surface area contributed by atoms with Crippen LogP contribution in [0.1, 0.15) is 17.9 Å². The number of nitrogens with zero attached hydrogens (tertiary/aromatic N) is 2. The molecule has 1 unspecified atom stereocenters. The van der Waals surface area contributed by atoms with Gasteiger partial charge >= 0.3 is 0 Å². The minimum Gasteiger partial charge on any atom is -0.260 e. The summed E-state index contributed by atoms with van der Waals surface area (Å²) in [4.78, 5) is 4.60. The highest BCUT2D eigenvalue weighted by Crippen LogP contribution is 2.32. The van der Waals surface area contributed by atoms with Crippen LogP contribution in [-0.2, 0) is 0 Å². The second-order valence-corrected chi connectivity index (χ2v) is 6.24. The quantitative estimate of drug-likeness (QED) is 0.653. The molecule has 0 bridgehead atoms. The van der Waals surface area contributed by atoms with Gasteiger partial charge in [-0.05, 0) is 24.6 Å². The molecular weight excluding hydrogens is 359 g/mol. The van der Waals surface area contributed by atoms with Gasteiger partial charge in [-0.25, -0.2) is 0 Å². The topological polar surface area (TPSA) is 36.1 Å². The van der Waals surface area contributed by atoms with E-state index in [4.69, 9.17) is 23.2 Å². The molecule has 2 atom stereocenters. The fourth-order valence-electron chi connectivity index (χ4n) is 1.90. The smallest absolute Gasteiger partial charge is 0.116 e. The van der Waals surface area contributed by atoms with Crippen LogP contribution in [0.25, 0.3) is 0 Å². The van der Waals surface area contributed by atoms with Crippen molar-refractivity contribution in [3.63, 3.8) is 0 Å². The van der Waals surface area contributed by atoms with Crippen LogP contribution in [-0.4, -0.2) is 10.5 Å². The Morgan fingerprint density at radius 2 is 2.05 bits per heavy atom. The maximum atomic E-state index is 9.48. The van der Waals surface area contributed by atoms with Gasteiger partial charge in [0.25, 0.3) is 0 Å². The molecule has 0 aromatic heterocycles. The fourth-order valence-corrected chi connectivity index (χ4v) is 2.87. The molecule has 0 saturated heterocycles. The zero-order chi connectivity index (χ0) is 14.5. The van der Waals surface area contributed by atoms with E-state index in [1.807, 2.05) is 18.2 Å². The molecule has 1 aliphatic rings. The van der Waals surface area contributed by atoms with E-state index in [9.17, 15) is 5.26 Å². The largest absolute Gasteiger partial charge is 0.260 e. The molecule has 1 aliphatic heterocycles. The monoisotopic (exact) mass is 368 g/mol. The van der Waals surface area contributed by atoms with Crippen LogP contribution in [0.3, 0.4) is 0 Å². The Morgan fingerprint density at radius 1 is 1.35 bits per heavy atom. The molecule has 1 aromatic carbocycles. The summed E-state index contributed by atoms with van der Waals surface area (Å²) >= 11 is 15.9. The van der Waals surface area contributed by atoms with Gasteiger partial charge in [0.2, 0.25) is 0 Å². The number of aliphatic imine (C=N–C) groups is 1. The molecular formula is C15H11BrCl2N2. The third-order valence-corrected chi connectivity index (χ3v) is 4.22. The number of benzene rings is 1. The van der Waals surface area contributed by atoms with Crippen molar-refractivity contribution < 1.29 is 0 Å². The van der Waals surface area contributed by atoms with Gasteiger partial charge in [0, 0.05) is 26.6 Å². The highest BCUT2D eigenvalue weighted by molar-refractivity contribution is 9.09. The van der Waals surface area contributed by atoms with Crippen LogP contribution in [0.5, 0.6) is 0 Å².